The molecule has 2 aromatic rings. The molecule has 0 saturated heterocycles. The van der Waals surface area contributed by atoms with Gasteiger partial charge in [-0.2, -0.15) is 0 Å². The molecule has 0 aliphatic carbocycles. The molecule has 1 aromatic heterocycles. The summed E-state index contributed by atoms with van der Waals surface area (Å²) >= 11 is 0. The van der Waals surface area contributed by atoms with Crippen LogP contribution in [0.15, 0.2) is 29.3 Å². The zero-order valence-corrected chi connectivity index (χ0v) is 6.74. The molecule has 0 aliphatic heterocycles. The van der Waals surface area contributed by atoms with Crippen LogP contribution < -0.4 is 16.8 Å². The summed E-state index contributed by atoms with van der Waals surface area (Å²) in [6.07, 6.45) is 1.35. The summed E-state index contributed by atoms with van der Waals surface area (Å²) in [5.74, 6) is 5.26. The standard InChI is InChI=1S/C8H8N4O/c9-12-6-3-1-2-5-7(6)10-4-11-8(5)13/h1-4,12H,9H2,(H,10,11,13). The van der Waals surface area contributed by atoms with Crippen LogP contribution in [0.5, 0.6) is 0 Å². The molecule has 5 heteroatoms. The van der Waals surface area contributed by atoms with Crippen LogP contribution in [0.2, 0.25) is 0 Å². The van der Waals surface area contributed by atoms with Crippen LogP contribution in [0.1, 0.15) is 0 Å². The van der Waals surface area contributed by atoms with Gasteiger partial charge in [-0.05, 0) is 12.1 Å². The lowest BCUT2D eigenvalue weighted by Gasteiger charge is -2.02. The number of anilines is 1. The van der Waals surface area contributed by atoms with Crippen molar-refractivity contribution in [2.75, 3.05) is 5.43 Å². The summed E-state index contributed by atoms with van der Waals surface area (Å²) in [5.41, 5.74) is 3.54. The molecule has 0 atom stereocenters. The third-order valence-corrected chi connectivity index (χ3v) is 1.83. The van der Waals surface area contributed by atoms with Crippen LogP contribution in [0.3, 0.4) is 0 Å². The number of rotatable bonds is 1. The van der Waals surface area contributed by atoms with Crippen molar-refractivity contribution < 1.29 is 0 Å². The van der Waals surface area contributed by atoms with Crippen LogP contribution in [-0.4, -0.2) is 9.97 Å². The summed E-state index contributed by atoms with van der Waals surface area (Å²) < 4.78 is 0. The Kier molecular flexibility index (Phi) is 1.71. The van der Waals surface area contributed by atoms with Crippen LogP contribution >= 0.6 is 0 Å². The number of hydrogen-bond donors (Lipinski definition) is 3. The van der Waals surface area contributed by atoms with Crippen molar-refractivity contribution in [1.29, 1.82) is 0 Å². The predicted octanol–water partition coefficient (Wildman–Crippen LogP) is 0.209. The van der Waals surface area contributed by atoms with E-state index < -0.39 is 0 Å². The Bertz CT molecular complexity index is 491. The van der Waals surface area contributed by atoms with E-state index in [2.05, 4.69) is 15.4 Å². The fourth-order valence-electron chi connectivity index (χ4n) is 1.22. The van der Waals surface area contributed by atoms with Gasteiger partial charge in [0.05, 0.1) is 17.4 Å². The lowest BCUT2D eigenvalue weighted by Crippen LogP contribution is -2.11. The SMILES string of the molecule is NNc1cccc2c(=O)[nH]cnc12. The fourth-order valence-corrected chi connectivity index (χ4v) is 1.22. The third-order valence-electron chi connectivity index (χ3n) is 1.83. The molecule has 1 aromatic carbocycles. The Morgan fingerprint density at radius 1 is 1.46 bits per heavy atom. The van der Waals surface area contributed by atoms with Gasteiger partial charge in [-0.15, -0.1) is 0 Å². The van der Waals surface area contributed by atoms with Gasteiger partial charge in [0.1, 0.15) is 5.52 Å². The number of aromatic nitrogens is 2. The second-order valence-electron chi connectivity index (χ2n) is 2.58. The topological polar surface area (TPSA) is 83.8 Å². The number of H-pyrrole nitrogens is 1. The molecule has 0 amide bonds. The first kappa shape index (κ1) is 7.75. The second-order valence-corrected chi connectivity index (χ2v) is 2.58. The highest BCUT2D eigenvalue weighted by atomic mass is 16.1. The molecule has 0 bridgehead atoms. The number of nitrogens with two attached hydrogens (primary N) is 1. The fraction of sp³-hybridized carbons (Fsp3) is 0. The second kappa shape index (κ2) is 2.87. The molecule has 1 heterocycles. The Hall–Kier alpha value is -1.88. The normalized spacial score (nSPS) is 10.2. The van der Waals surface area contributed by atoms with E-state index in [1.807, 2.05) is 0 Å². The number of fused-ring (bicyclic) bond motifs is 1. The minimum atomic E-state index is -0.165. The van der Waals surface area contributed by atoms with Gasteiger partial charge in [0, 0.05) is 0 Å². The first-order chi connectivity index (χ1) is 6.33. The Morgan fingerprint density at radius 3 is 3.08 bits per heavy atom. The van der Waals surface area contributed by atoms with Gasteiger partial charge in [-0.1, -0.05) is 6.07 Å². The molecule has 0 unspecified atom stereocenters. The number of nitrogen functional groups attached to an aromatic ring is 1. The molecule has 5 nitrogen and oxygen atoms in total. The molecule has 0 saturated carbocycles. The highest BCUT2D eigenvalue weighted by Gasteiger charge is 2.02. The van der Waals surface area contributed by atoms with Gasteiger partial charge in [-0.3, -0.25) is 10.6 Å². The van der Waals surface area contributed by atoms with Gasteiger partial charge in [0.15, 0.2) is 0 Å². The maximum absolute atomic E-state index is 11.3. The van der Waals surface area contributed by atoms with Crippen LogP contribution in [0, 0.1) is 0 Å². The number of aromatic amines is 1. The molecule has 2 rings (SSSR count). The van der Waals surface area contributed by atoms with E-state index in [0.29, 0.717) is 16.6 Å². The lowest BCUT2D eigenvalue weighted by atomic mass is 10.2. The van der Waals surface area contributed by atoms with E-state index in [-0.39, 0.29) is 5.56 Å². The van der Waals surface area contributed by atoms with E-state index in [1.165, 1.54) is 6.33 Å². The highest BCUT2D eigenvalue weighted by Crippen LogP contribution is 2.15. The Labute approximate surface area is 73.6 Å². The molecule has 0 spiro atoms. The minimum absolute atomic E-state index is 0.165. The molecule has 0 fully saturated rings. The predicted molar refractivity (Wildman–Crippen MR) is 50.2 cm³/mol. The summed E-state index contributed by atoms with van der Waals surface area (Å²) in [6, 6.07) is 5.20. The molecular weight excluding hydrogens is 168 g/mol. The Balaban J connectivity index is 2.92. The zero-order valence-electron chi connectivity index (χ0n) is 6.74. The molecule has 0 radical (unpaired) electrons. The third kappa shape index (κ3) is 1.15. The summed E-state index contributed by atoms with van der Waals surface area (Å²) in [5, 5.41) is 0.526. The average molecular weight is 176 g/mol. The van der Waals surface area contributed by atoms with Crippen LogP contribution in [0.25, 0.3) is 10.9 Å². The quantitative estimate of drug-likeness (QED) is 0.428. The monoisotopic (exact) mass is 176 g/mol. The van der Waals surface area contributed by atoms with Crippen molar-refractivity contribution >= 4 is 16.6 Å². The first-order valence-corrected chi connectivity index (χ1v) is 3.76. The van der Waals surface area contributed by atoms with Crippen molar-refractivity contribution in [1.82, 2.24) is 9.97 Å². The zero-order chi connectivity index (χ0) is 9.26. The molecule has 0 aliphatic rings. The number of nitrogens with one attached hydrogen (secondary N) is 2. The van der Waals surface area contributed by atoms with Crippen molar-refractivity contribution in [2.45, 2.75) is 0 Å². The highest BCUT2D eigenvalue weighted by molar-refractivity contribution is 5.89. The average Bonchev–Trinajstić information content (AvgIpc) is 2.18. The number of nitrogens with zero attached hydrogens (tertiary/aromatic N) is 1. The van der Waals surface area contributed by atoms with Gasteiger partial charge < -0.3 is 10.4 Å². The number of benzene rings is 1. The maximum atomic E-state index is 11.3. The van der Waals surface area contributed by atoms with E-state index in [9.17, 15) is 4.79 Å². The largest absolute Gasteiger partial charge is 0.322 e. The summed E-state index contributed by atoms with van der Waals surface area (Å²) in [7, 11) is 0. The van der Waals surface area contributed by atoms with E-state index in [1.54, 1.807) is 18.2 Å². The molecule has 66 valence electrons. The molecule has 4 N–H and O–H groups in total. The van der Waals surface area contributed by atoms with Crippen LogP contribution in [0.4, 0.5) is 5.69 Å². The molecular formula is C8H8N4O. The van der Waals surface area contributed by atoms with Gasteiger partial charge in [0.2, 0.25) is 0 Å². The number of hydrazine groups is 1. The van der Waals surface area contributed by atoms with Crippen molar-refractivity contribution in [3.8, 4) is 0 Å². The molecule has 13 heavy (non-hydrogen) atoms. The number of hydrogen-bond acceptors (Lipinski definition) is 4. The van der Waals surface area contributed by atoms with Crippen molar-refractivity contribution in [3.05, 3.63) is 34.9 Å². The van der Waals surface area contributed by atoms with Gasteiger partial charge in [-0.25, -0.2) is 4.98 Å². The van der Waals surface area contributed by atoms with Crippen molar-refractivity contribution in [2.24, 2.45) is 5.84 Å². The lowest BCUT2D eigenvalue weighted by molar-refractivity contribution is 1.17. The first-order valence-electron chi connectivity index (χ1n) is 3.76. The summed E-state index contributed by atoms with van der Waals surface area (Å²) in [4.78, 5) is 17.8. The van der Waals surface area contributed by atoms with Crippen LogP contribution in [-0.2, 0) is 0 Å². The van der Waals surface area contributed by atoms with E-state index >= 15 is 0 Å². The maximum Gasteiger partial charge on any atom is 0.258 e. The van der Waals surface area contributed by atoms with E-state index in [0.717, 1.165) is 0 Å². The minimum Gasteiger partial charge on any atom is -0.322 e. The smallest absolute Gasteiger partial charge is 0.258 e. The van der Waals surface area contributed by atoms with Crippen molar-refractivity contribution in [3.63, 3.8) is 0 Å². The number of para-hydroxylation sites is 1. The Morgan fingerprint density at radius 2 is 2.31 bits per heavy atom. The summed E-state index contributed by atoms with van der Waals surface area (Å²) in [6.45, 7) is 0. The van der Waals surface area contributed by atoms with Gasteiger partial charge in [0.25, 0.3) is 5.56 Å². The van der Waals surface area contributed by atoms with Gasteiger partial charge >= 0.3 is 0 Å². The van der Waals surface area contributed by atoms with E-state index in [4.69, 9.17) is 5.84 Å².